The molecule has 3 aliphatic carbocycles. The number of nitrogens with zero attached hydrogens (tertiary/aromatic N) is 5. The fourth-order valence-electron chi connectivity index (χ4n) is 5.90. The molecule has 194 valence electrons. The van der Waals surface area contributed by atoms with Crippen LogP contribution in [0.2, 0.25) is 0 Å². The van der Waals surface area contributed by atoms with E-state index < -0.39 is 0 Å². The van der Waals surface area contributed by atoms with E-state index in [0.29, 0.717) is 11.9 Å². The maximum Gasteiger partial charge on any atom is 0.315 e. The molecular weight excluding hydrogens is 468 g/mol. The number of anilines is 3. The van der Waals surface area contributed by atoms with Crippen LogP contribution < -0.4 is 21.3 Å². The number of fused-ring (bicyclic) bond motifs is 1. The summed E-state index contributed by atoms with van der Waals surface area (Å²) in [6.45, 7) is 0. The zero-order chi connectivity index (χ0) is 25.0. The molecular formula is C26H34N10O. The van der Waals surface area contributed by atoms with Gasteiger partial charge in [0.2, 0.25) is 5.95 Å². The van der Waals surface area contributed by atoms with Crippen molar-refractivity contribution >= 4 is 23.6 Å². The lowest BCUT2D eigenvalue weighted by Crippen LogP contribution is -2.48. The van der Waals surface area contributed by atoms with Gasteiger partial charge in [-0.1, -0.05) is 12.8 Å². The van der Waals surface area contributed by atoms with Crippen molar-refractivity contribution in [2.45, 2.75) is 88.3 Å². The van der Waals surface area contributed by atoms with Crippen LogP contribution in [-0.4, -0.2) is 54.5 Å². The van der Waals surface area contributed by atoms with E-state index >= 15 is 0 Å². The van der Waals surface area contributed by atoms with Crippen LogP contribution in [0, 0.1) is 0 Å². The Bertz CT molecular complexity index is 1190. The van der Waals surface area contributed by atoms with E-state index in [-0.39, 0.29) is 24.2 Å². The van der Waals surface area contributed by atoms with Gasteiger partial charge in [0.15, 0.2) is 5.82 Å². The second-order valence-corrected chi connectivity index (χ2v) is 10.5. The lowest BCUT2D eigenvalue weighted by atomic mass is 9.91. The van der Waals surface area contributed by atoms with Gasteiger partial charge in [-0.2, -0.15) is 20.3 Å². The summed E-state index contributed by atoms with van der Waals surface area (Å²) in [7, 11) is 0. The Kier molecular flexibility index (Phi) is 6.83. The summed E-state index contributed by atoms with van der Waals surface area (Å²) >= 11 is 0. The number of amides is 2. The molecule has 2 saturated carbocycles. The summed E-state index contributed by atoms with van der Waals surface area (Å²) in [5.41, 5.74) is 3.55. The van der Waals surface area contributed by atoms with Gasteiger partial charge in [-0.3, -0.25) is 5.10 Å². The van der Waals surface area contributed by atoms with Crippen molar-refractivity contribution in [2.24, 2.45) is 0 Å². The maximum atomic E-state index is 12.6. The maximum absolute atomic E-state index is 12.6. The van der Waals surface area contributed by atoms with E-state index in [4.69, 9.17) is 0 Å². The number of carbonyl (C=O) groups is 1. The van der Waals surface area contributed by atoms with E-state index in [1.54, 1.807) is 18.6 Å². The Hall–Kier alpha value is -3.76. The van der Waals surface area contributed by atoms with Crippen LogP contribution in [0.4, 0.5) is 22.4 Å². The third-order valence-electron chi connectivity index (χ3n) is 7.87. The lowest BCUT2D eigenvalue weighted by molar-refractivity contribution is 0.228. The molecule has 2 fully saturated rings. The Labute approximate surface area is 216 Å². The predicted molar refractivity (Wildman–Crippen MR) is 140 cm³/mol. The summed E-state index contributed by atoms with van der Waals surface area (Å²) in [6.07, 6.45) is 15.7. The van der Waals surface area contributed by atoms with E-state index in [1.807, 2.05) is 6.07 Å². The molecule has 0 atom stereocenters. The number of hydrogen-bond donors (Lipinski definition) is 5. The summed E-state index contributed by atoms with van der Waals surface area (Å²) < 4.78 is 0. The SMILES string of the molecule is O=C(NC1CCC(Nc2nccc(Nc3cc(C4CCCC4)[nH]n3)n2)CC1)NC1Cc2cnncc2C1. The molecule has 6 rings (SSSR count). The number of aromatic nitrogens is 6. The average molecular weight is 503 g/mol. The lowest BCUT2D eigenvalue weighted by Gasteiger charge is -2.30. The van der Waals surface area contributed by atoms with Crippen molar-refractivity contribution in [3.63, 3.8) is 0 Å². The van der Waals surface area contributed by atoms with E-state index in [9.17, 15) is 4.79 Å². The molecule has 0 saturated heterocycles. The van der Waals surface area contributed by atoms with Crippen LogP contribution in [0.5, 0.6) is 0 Å². The molecule has 2 amide bonds. The highest BCUT2D eigenvalue weighted by Crippen LogP contribution is 2.34. The number of hydrogen-bond acceptors (Lipinski definition) is 8. The number of nitrogens with one attached hydrogen (secondary N) is 5. The second kappa shape index (κ2) is 10.7. The van der Waals surface area contributed by atoms with Crippen molar-refractivity contribution in [3.05, 3.63) is 47.5 Å². The fraction of sp³-hybridized carbons (Fsp3) is 0.538. The summed E-state index contributed by atoms with van der Waals surface area (Å²) in [5, 5.41) is 28.5. The molecule has 5 N–H and O–H groups in total. The largest absolute Gasteiger partial charge is 0.351 e. The average Bonchev–Trinajstić information content (AvgIpc) is 3.66. The van der Waals surface area contributed by atoms with Crippen LogP contribution in [0.3, 0.4) is 0 Å². The second-order valence-electron chi connectivity index (χ2n) is 10.5. The minimum Gasteiger partial charge on any atom is -0.351 e. The van der Waals surface area contributed by atoms with Gasteiger partial charge in [0.1, 0.15) is 5.82 Å². The van der Waals surface area contributed by atoms with Crippen molar-refractivity contribution in [1.29, 1.82) is 0 Å². The van der Waals surface area contributed by atoms with Gasteiger partial charge in [-0.25, -0.2) is 9.78 Å². The molecule has 0 spiro atoms. The van der Waals surface area contributed by atoms with Gasteiger partial charge in [0.05, 0.1) is 12.4 Å². The Morgan fingerprint density at radius 1 is 0.865 bits per heavy atom. The van der Waals surface area contributed by atoms with Crippen LogP contribution in [0.25, 0.3) is 0 Å². The number of aromatic amines is 1. The summed E-state index contributed by atoms with van der Waals surface area (Å²) in [5.74, 6) is 2.70. The number of H-pyrrole nitrogens is 1. The van der Waals surface area contributed by atoms with Crippen molar-refractivity contribution in [3.8, 4) is 0 Å². The molecule has 0 radical (unpaired) electrons. The zero-order valence-corrected chi connectivity index (χ0v) is 20.9. The first kappa shape index (κ1) is 23.6. The van der Waals surface area contributed by atoms with Gasteiger partial charge in [-0.15, -0.1) is 0 Å². The molecule has 3 aromatic rings. The van der Waals surface area contributed by atoms with Crippen LogP contribution in [-0.2, 0) is 12.8 Å². The minimum atomic E-state index is -0.0910. The Morgan fingerprint density at radius 3 is 2.32 bits per heavy atom. The quantitative estimate of drug-likeness (QED) is 0.330. The van der Waals surface area contributed by atoms with Gasteiger partial charge < -0.3 is 21.3 Å². The molecule has 3 heterocycles. The third kappa shape index (κ3) is 5.81. The summed E-state index contributed by atoms with van der Waals surface area (Å²) in [4.78, 5) is 21.6. The standard InChI is InChI=1S/C26H34N10O/c37-26(32-21-11-17-14-28-29-15-18(17)12-21)31-20-7-5-19(6-8-20)30-25-27-10-9-23(34-25)33-24-13-22(35-36-24)16-3-1-2-4-16/h9-10,13-16,19-21H,1-8,11-12H2,(H2,31,32,37)(H3,27,30,33,34,35,36). The third-order valence-corrected chi connectivity index (χ3v) is 7.87. The van der Waals surface area contributed by atoms with Gasteiger partial charge >= 0.3 is 6.03 Å². The number of rotatable bonds is 7. The molecule has 3 aliphatic rings. The van der Waals surface area contributed by atoms with E-state index in [1.165, 1.54) is 42.5 Å². The normalized spacial score (nSPS) is 21.9. The topological polar surface area (TPSA) is 145 Å². The first-order valence-electron chi connectivity index (χ1n) is 13.5. The predicted octanol–water partition coefficient (Wildman–Crippen LogP) is 3.58. The van der Waals surface area contributed by atoms with Crippen molar-refractivity contribution in [2.75, 3.05) is 10.6 Å². The molecule has 3 aromatic heterocycles. The van der Waals surface area contributed by atoms with Crippen molar-refractivity contribution in [1.82, 2.24) is 41.0 Å². The number of carbonyl (C=O) groups excluding carboxylic acids is 1. The van der Waals surface area contributed by atoms with Crippen molar-refractivity contribution < 1.29 is 4.79 Å². The van der Waals surface area contributed by atoms with Gasteiger partial charge in [-0.05, 0) is 68.6 Å². The molecule has 0 bridgehead atoms. The highest BCUT2D eigenvalue weighted by molar-refractivity contribution is 5.74. The zero-order valence-electron chi connectivity index (χ0n) is 20.9. The van der Waals surface area contributed by atoms with Gasteiger partial charge in [0, 0.05) is 42.0 Å². The first-order chi connectivity index (χ1) is 18.2. The molecule has 0 aliphatic heterocycles. The van der Waals surface area contributed by atoms with Crippen LogP contribution in [0.1, 0.15) is 74.1 Å². The smallest absolute Gasteiger partial charge is 0.315 e. The molecule has 37 heavy (non-hydrogen) atoms. The minimum absolute atomic E-state index is 0.0910. The van der Waals surface area contributed by atoms with Gasteiger partial charge in [0.25, 0.3) is 0 Å². The highest BCUT2D eigenvalue weighted by atomic mass is 16.2. The Balaban J connectivity index is 0.945. The Morgan fingerprint density at radius 2 is 1.57 bits per heavy atom. The molecule has 11 nitrogen and oxygen atoms in total. The molecule has 11 heteroatoms. The molecule has 0 unspecified atom stereocenters. The van der Waals surface area contributed by atoms with Crippen LogP contribution >= 0.6 is 0 Å². The first-order valence-corrected chi connectivity index (χ1v) is 13.5. The molecule has 0 aromatic carbocycles. The summed E-state index contributed by atoms with van der Waals surface area (Å²) in [6, 6.07) is 4.41. The fourth-order valence-corrected chi connectivity index (χ4v) is 5.90. The monoisotopic (exact) mass is 502 g/mol. The van der Waals surface area contributed by atoms with E-state index in [2.05, 4.69) is 57.7 Å². The number of urea groups is 1. The highest BCUT2D eigenvalue weighted by Gasteiger charge is 2.26. The van der Waals surface area contributed by atoms with Crippen LogP contribution in [0.15, 0.2) is 30.7 Å². The van der Waals surface area contributed by atoms with E-state index in [0.717, 1.165) is 50.2 Å².